The van der Waals surface area contributed by atoms with Crippen LogP contribution in [0, 0.1) is 0 Å². The normalized spacial score (nSPS) is 25.8. The summed E-state index contributed by atoms with van der Waals surface area (Å²) in [5.74, 6) is 1.16. The minimum atomic E-state index is 0.419. The van der Waals surface area contributed by atoms with Gasteiger partial charge in [-0.2, -0.15) is 0 Å². The van der Waals surface area contributed by atoms with Crippen LogP contribution in [0.4, 0.5) is 5.82 Å². The summed E-state index contributed by atoms with van der Waals surface area (Å²) in [7, 11) is 0. The van der Waals surface area contributed by atoms with Gasteiger partial charge in [-0.05, 0) is 38.3 Å². The predicted octanol–water partition coefficient (Wildman–Crippen LogP) is 2.34. The van der Waals surface area contributed by atoms with Gasteiger partial charge in [-0.15, -0.1) is 0 Å². The van der Waals surface area contributed by atoms with E-state index in [-0.39, 0.29) is 0 Å². The van der Waals surface area contributed by atoms with Crippen LogP contribution in [0.25, 0.3) is 0 Å². The first-order valence-electron chi connectivity index (χ1n) is 7.93. The molecule has 4 heteroatoms. The maximum Gasteiger partial charge on any atom is 0.133 e. The number of ether oxygens (including phenoxy) is 1. The average Bonchev–Trinajstić information content (AvgIpc) is 2.96. The van der Waals surface area contributed by atoms with Gasteiger partial charge in [0.05, 0.1) is 18.8 Å². The van der Waals surface area contributed by atoms with Crippen molar-refractivity contribution in [1.82, 2.24) is 10.3 Å². The van der Waals surface area contributed by atoms with E-state index in [2.05, 4.69) is 28.2 Å². The Morgan fingerprint density at radius 3 is 3.30 bits per heavy atom. The highest BCUT2D eigenvalue weighted by Gasteiger charge is 2.37. The molecule has 1 aromatic rings. The molecular formula is C16H25N3O. The number of morpholine rings is 1. The Balaban J connectivity index is 1.78. The first-order chi connectivity index (χ1) is 9.90. The Morgan fingerprint density at radius 2 is 2.40 bits per heavy atom. The van der Waals surface area contributed by atoms with Crippen molar-refractivity contribution in [2.75, 3.05) is 24.6 Å². The zero-order valence-corrected chi connectivity index (χ0v) is 12.3. The van der Waals surface area contributed by atoms with Crippen LogP contribution >= 0.6 is 0 Å². The molecule has 2 fully saturated rings. The summed E-state index contributed by atoms with van der Waals surface area (Å²) in [4.78, 5) is 7.16. The third-order valence-electron chi connectivity index (χ3n) is 4.36. The molecule has 1 saturated carbocycles. The molecule has 1 aromatic heterocycles. The minimum Gasteiger partial charge on any atom is -0.374 e. The Kier molecular flexibility index (Phi) is 4.53. The van der Waals surface area contributed by atoms with Gasteiger partial charge in [-0.1, -0.05) is 13.0 Å². The van der Waals surface area contributed by atoms with Gasteiger partial charge in [-0.25, -0.2) is 4.98 Å². The smallest absolute Gasteiger partial charge is 0.133 e. The van der Waals surface area contributed by atoms with E-state index in [9.17, 15) is 0 Å². The lowest BCUT2D eigenvalue weighted by Crippen LogP contribution is -2.49. The topological polar surface area (TPSA) is 37.4 Å². The predicted molar refractivity (Wildman–Crippen MR) is 81.0 cm³/mol. The molecule has 1 saturated heterocycles. The number of pyridine rings is 1. The lowest BCUT2D eigenvalue weighted by molar-refractivity contribution is 0.0252. The highest BCUT2D eigenvalue weighted by atomic mass is 16.5. The molecule has 3 rings (SSSR count). The van der Waals surface area contributed by atoms with Gasteiger partial charge in [0.2, 0.25) is 0 Å². The summed E-state index contributed by atoms with van der Waals surface area (Å²) < 4.78 is 5.91. The second-order valence-electron chi connectivity index (χ2n) is 5.76. The van der Waals surface area contributed by atoms with Crippen LogP contribution in [0.1, 0.15) is 38.2 Å². The first kappa shape index (κ1) is 13.8. The molecule has 0 radical (unpaired) electrons. The van der Waals surface area contributed by atoms with Crippen molar-refractivity contribution in [1.29, 1.82) is 0 Å². The Labute approximate surface area is 121 Å². The Hall–Kier alpha value is -1.13. The number of hydrogen-bond acceptors (Lipinski definition) is 4. The van der Waals surface area contributed by atoms with E-state index in [0.29, 0.717) is 12.1 Å². The summed E-state index contributed by atoms with van der Waals surface area (Å²) in [6, 6.07) is 4.77. The van der Waals surface area contributed by atoms with Crippen molar-refractivity contribution in [3.8, 4) is 0 Å². The van der Waals surface area contributed by atoms with Gasteiger partial charge < -0.3 is 15.0 Å². The number of fused-ring (bicyclic) bond motifs is 1. The third kappa shape index (κ3) is 2.81. The van der Waals surface area contributed by atoms with Gasteiger partial charge in [0.1, 0.15) is 5.82 Å². The maximum absolute atomic E-state index is 5.91. The van der Waals surface area contributed by atoms with Crippen LogP contribution in [0.2, 0.25) is 0 Å². The molecule has 1 N–H and O–H groups in total. The van der Waals surface area contributed by atoms with Crippen LogP contribution < -0.4 is 10.2 Å². The SMILES string of the molecule is CCCNCc1cccnc1N1CCOC2CCCC21. The fraction of sp³-hybridized carbons (Fsp3) is 0.688. The van der Waals surface area contributed by atoms with Crippen LogP contribution in [-0.4, -0.2) is 36.8 Å². The fourth-order valence-electron chi connectivity index (χ4n) is 3.42. The quantitative estimate of drug-likeness (QED) is 0.837. The minimum absolute atomic E-state index is 0.419. The second-order valence-corrected chi connectivity index (χ2v) is 5.76. The molecule has 2 atom stereocenters. The van der Waals surface area contributed by atoms with Gasteiger partial charge >= 0.3 is 0 Å². The van der Waals surface area contributed by atoms with Gasteiger partial charge in [-0.3, -0.25) is 0 Å². The lowest BCUT2D eigenvalue weighted by atomic mass is 10.1. The number of aromatic nitrogens is 1. The van der Waals surface area contributed by atoms with E-state index in [1.54, 1.807) is 0 Å². The molecule has 0 aromatic carbocycles. The molecule has 0 amide bonds. The largest absolute Gasteiger partial charge is 0.374 e. The average molecular weight is 275 g/mol. The molecule has 1 aliphatic carbocycles. The van der Waals surface area contributed by atoms with Crippen molar-refractivity contribution in [2.24, 2.45) is 0 Å². The van der Waals surface area contributed by atoms with Crippen molar-refractivity contribution in [2.45, 2.75) is 51.3 Å². The van der Waals surface area contributed by atoms with Crippen molar-refractivity contribution in [3.05, 3.63) is 23.9 Å². The molecule has 20 heavy (non-hydrogen) atoms. The molecule has 2 unspecified atom stereocenters. The van der Waals surface area contributed by atoms with Gasteiger partial charge in [0.25, 0.3) is 0 Å². The highest BCUT2D eigenvalue weighted by Crippen LogP contribution is 2.33. The number of nitrogens with one attached hydrogen (secondary N) is 1. The van der Waals surface area contributed by atoms with Crippen molar-refractivity contribution < 1.29 is 4.74 Å². The van der Waals surface area contributed by atoms with Crippen LogP contribution in [0.5, 0.6) is 0 Å². The number of anilines is 1. The summed E-state index contributed by atoms with van der Waals surface area (Å²) in [6.45, 7) is 5.97. The second kappa shape index (κ2) is 6.55. The molecule has 0 bridgehead atoms. The van der Waals surface area contributed by atoms with E-state index in [0.717, 1.165) is 38.5 Å². The van der Waals surface area contributed by atoms with E-state index >= 15 is 0 Å². The molecule has 2 heterocycles. The Morgan fingerprint density at radius 1 is 1.45 bits per heavy atom. The van der Waals surface area contributed by atoms with Crippen molar-refractivity contribution >= 4 is 5.82 Å². The fourth-order valence-corrected chi connectivity index (χ4v) is 3.42. The first-order valence-corrected chi connectivity index (χ1v) is 7.93. The summed E-state index contributed by atoms with van der Waals surface area (Å²) in [5.41, 5.74) is 1.31. The zero-order chi connectivity index (χ0) is 13.8. The van der Waals surface area contributed by atoms with Crippen LogP contribution in [0.15, 0.2) is 18.3 Å². The van der Waals surface area contributed by atoms with Crippen molar-refractivity contribution in [3.63, 3.8) is 0 Å². The van der Waals surface area contributed by atoms with E-state index in [4.69, 9.17) is 4.74 Å². The van der Waals surface area contributed by atoms with Gasteiger partial charge in [0.15, 0.2) is 0 Å². The Bertz CT molecular complexity index is 437. The molecule has 4 nitrogen and oxygen atoms in total. The number of rotatable bonds is 5. The molecule has 0 spiro atoms. The zero-order valence-electron chi connectivity index (χ0n) is 12.3. The summed E-state index contributed by atoms with van der Waals surface area (Å²) in [6.07, 6.45) is 7.22. The number of nitrogens with zero attached hydrogens (tertiary/aromatic N) is 2. The van der Waals surface area contributed by atoms with Crippen LogP contribution in [0.3, 0.4) is 0 Å². The third-order valence-corrected chi connectivity index (χ3v) is 4.36. The molecule has 1 aliphatic heterocycles. The highest BCUT2D eigenvalue weighted by molar-refractivity contribution is 5.48. The van der Waals surface area contributed by atoms with E-state index in [1.807, 2.05) is 12.3 Å². The standard InChI is InChI=1S/C16H25N3O/c1-2-8-17-12-13-5-4-9-18-16(13)19-10-11-20-15-7-3-6-14(15)19/h4-5,9,14-15,17H,2-3,6-8,10-12H2,1H3. The molecule has 2 aliphatic rings. The maximum atomic E-state index is 5.91. The number of hydrogen-bond donors (Lipinski definition) is 1. The molecular weight excluding hydrogens is 250 g/mol. The molecule has 110 valence electrons. The van der Waals surface area contributed by atoms with E-state index < -0.39 is 0 Å². The monoisotopic (exact) mass is 275 g/mol. The summed E-state index contributed by atoms with van der Waals surface area (Å²) in [5, 5.41) is 3.49. The summed E-state index contributed by atoms with van der Waals surface area (Å²) >= 11 is 0. The lowest BCUT2D eigenvalue weighted by Gasteiger charge is -2.39. The van der Waals surface area contributed by atoms with Crippen LogP contribution in [-0.2, 0) is 11.3 Å². The van der Waals surface area contributed by atoms with Gasteiger partial charge in [0, 0.05) is 24.8 Å². The van der Waals surface area contributed by atoms with E-state index in [1.165, 1.54) is 24.8 Å².